The molecular weight excluding hydrogens is 244 g/mol. The lowest BCUT2D eigenvalue weighted by molar-refractivity contribution is -0.132. The number of nitrogens with zero attached hydrogens (tertiary/aromatic N) is 1. The predicted molar refractivity (Wildman–Crippen MR) is 74.2 cm³/mol. The minimum atomic E-state index is -0.617. The molecular formula is C14H22N2O3. The molecule has 5 nitrogen and oxygen atoms in total. The summed E-state index contributed by atoms with van der Waals surface area (Å²) in [5.74, 6) is 0.664. The van der Waals surface area contributed by atoms with E-state index in [0.29, 0.717) is 13.2 Å². The summed E-state index contributed by atoms with van der Waals surface area (Å²) in [4.78, 5) is 13.3. The molecule has 0 bridgehead atoms. The number of carbonyl (C=O) groups excluding carboxylic acids is 1. The zero-order valence-electron chi connectivity index (χ0n) is 11.8. The summed E-state index contributed by atoms with van der Waals surface area (Å²) in [6.45, 7) is 3.16. The third kappa shape index (κ3) is 5.28. The minimum absolute atomic E-state index is 0.144. The lowest BCUT2D eigenvalue weighted by Crippen LogP contribution is -2.45. The summed E-state index contributed by atoms with van der Waals surface area (Å²) >= 11 is 0. The number of nitrogens with two attached hydrogens (primary N) is 1. The highest BCUT2D eigenvalue weighted by Gasteiger charge is 2.17. The lowest BCUT2D eigenvalue weighted by Gasteiger charge is -2.21. The Balaban J connectivity index is 2.34. The highest BCUT2D eigenvalue weighted by atomic mass is 16.5. The van der Waals surface area contributed by atoms with E-state index in [9.17, 15) is 4.79 Å². The van der Waals surface area contributed by atoms with Crippen molar-refractivity contribution in [3.63, 3.8) is 0 Å². The van der Waals surface area contributed by atoms with Crippen LogP contribution in [0.2, 0.25) is 0 Å². The molecule has 0 saturated carbocycles. The van der Waals surface area contributed by atoms with Crippen molar-refractivity contribution in [2.45, 2.75) is 13.0 Å². The van der Waals surface area contributed by atoms with Crippen molar-refractivity contribution < 1.29 is 14.3 Å². The van der Waals surface area contributed by atoms with Crippen molar-refractivity contribution in [2.24, 2.45) is 5.73 Å². The first-order chi connectivity index (χ1) is 9.04. The molecule has 1 aromatic rings. The molecule has 0 saturated heterocycles. The number of ether oxygens (including phenoxy) is 2. The van der Waals surface area contributed by atoms with Crippen LogP contribution in [-0.2, 0) is 9.53 Å². The van der Waals surface area contributed by atoms with E-state index < -0.39 is 6.04 Å². The van der Waals surface area contributed by atoms with Crippen LogP contribution in [0.1, 0.15) is 5.56 Å². The van der Waals surface area contributed by atoms with Gasteiger partial charge < -0.3 is 20.1 Å². The molecule has 1 atom stereocenters. The highest BCUT2D eigenvalue weighted by Crippen LogP contribution is 2.12. The second kappa shape index (κ2) is 7.76. The Hall–Kier alpha value is -1.59. The van der Waals surface area contributed by atoms with Crippen LogP contribution >= 0.6 is 0 Å². The molecule has 0 spiro atoms. The number of benzene rings is 1. The standard InChI is InChI=1S/C14H22N2O3/c1-11-5-4-6-12(9-11)19-8-7-16(2)14(17)13(15)10-18-3/h4-6,9,13H,7-8,10,15H2,1-3H3. The first-order valence-electron chi connectivity index (χ1n) is 6.23. The van der Waals surface area contributed by atoms with Gasteiger partial charge in [0.15, 0.2) is 0 Å². The van der Waals surface area contributed by atoms with Crippen molar-refractivity contribution >= 4 is 5.91 Å². The molecule has 106 valence electrons. The fourth-order valence-electron chi connectivity index (χ4n) is 1.65. The fourth-order valence-corrected chi connectivity index (χ4v) is 1.65. The van der Waals surface area contributed by atoms with E-state index in [-0.39, 0.29) is 12.5 Å². The minimum Gasteiger partial charge on any atom is -0.492 e. The van der Waals surface area contributed by atoms with E-state index in [1.165, 1.54) is 7.11 Å². The van der Waals surface area contributed by atoms with Gasteiger partial charge in [-0.3, -0.25) is 4.79 Å². The normalized spacial score (nSPS) is 12.0. The fraction of sp³-hybridized carbons (Fsp3) is 0.500. The second-order valence-electron chi connectivity index (χ2n) is 4.49. The van der Waals surface area contributed by atoms with Crippen LogP contribution in [0.25, 0.3) is 0 Å². The number of carbonyl (C=O) groups is 1. The van der Waals surface area contributed by atoms with Crippen LogP contribution in [0.5, 0.6) is 5.75 Å². The van der Waals surface area contributed by atoms with Crippen molar-refractivity contribution in [3.05, 3.63) is 29.8 Å². The average molecular weight is 266 g/mol. The van der Waals surface area contributed by atoms with Gasteiger partial charge in [-0.15, -0.1) is 0 Å². The summed E-state index contributed by atoms with van der Waals surface area (Å²) in [5, 5.41) is 0. The Morgan fingerprint density at radius 2 is 2.21 bits per heavy atom. The van der Waals surface area contributed by atoms with Crippen LogP contribution in [0.4, 0.5) is 0 Å². The molecule has 0 fully saturated rings. The van der Waals surface area contributed by atoms with Gasteiger partial charge in [0.05, 0.1) is 13.2 Å². The van der Waals surface area contributed by atoms with E-state index in [4.69, 9.17) is 15.2 Å². The second-order valence-corrected chi connectivity index (χ2v) is 4.49. The zero-order chi connectivity index (χ0) is 14.3. The van der Waals surface area contributed by atoms with E-state index >= 15 is 0 Å². The van der Waals surface area contributed by atoms with E-state index in [2.05, 4.69) is 0 Å². The maximum absolute atomic E-state index is 11.8. The van der Waals surface area contributed by atoms with Gasteiger partial charge in [0.2, 0.25) is 5.91 Å². The van der Waals surface area contributed by atoms with Crippen LogP contribution in [0.15, 0.2) is 24.3 Å². The molecule has 1 rings (SSSR count). The van der Waals surface area contributed by atoms with Gasteiger partial charge in [-0.1, -0.05) is 12.1 Å². The van der Waals surface area contributed by atoms with Crippen LogP contribution < -0.4 is 10.5 Å². The van der Waals surface area contributed by atoms with Crippen molar-refractivity contribution in [3.8, 4) is 5.75 Å². The largest absolute Gasteiger partial charge is 0.492 e. The predicted octanol–water partition coefficient (Wildman–Crippen LogP) is 0.806. The van der Waals surface area contributed by atoms with Crippen LogP contribution in [0.3, 0.4) is 0 Å². The lowest BCUT2D eigenvalue weighted by atomic mass is 10.2. The third-order valence-corrected chi connectivity index (χ3v) is 2.72. The molecule has 0 aliphatic heterocycles. The van der Waals surface area contributed by atoms with Gasteiger partial charge in [-0.2, -0.15) is 0 Å². The molecule has 1 amide bonds. The average Bonchev–Trinajstić information content (AvgIpc) is 2.38. The molecule has 0 radical (unpaired) electrons. The molecule has 0 aliphatic carbocycles. The maximum Gasteiger partial charge on any atom is 0.241 e. The summed E-state index contributed by atoms with van der Waals surface area (Å²) in [7, 11) is 3.23. The van der Waals surface area contributed by atoms with Gasteiger partial charge in [0.1, 0.15) is 18.4 Å². The van der Waals surface area contributed by atoms with E-state index in [1.807, 2.05) is 31.2 Å². The summed E-state index contributed by atoms with van der Waals surface area (Å²) in [6.07, 6.45) is 0. The molecule has 1 aromatic carbocycles. The SMILES string of the molecule is COCC(N)C(=O)N(C)CCOc1cccc(C)c1. The Morgan fingerprint density at radius 1 is 1.47 bits per heavy atom. The number of amides is 1. The summed E-state index contributed by atoms with van der Waals surface area (Å²) < 4.78 is 10.4. The number of rotatable bonds is 7. The van der Waals surface area contributed by atoms with Crippen molar-refractivity contribution in [1.29, 1.82) is 0 Å². The number of likely N-dealkylation sites (N-methyl/N-ethyl adjacent to an activating group) is 1. The molecule has 0 aromatic heterocycles. The molecule has 0 aliphatic rings. The number of hydrogen-bond donors (Lipinski definition) is 1. The van der Waals surface area contributed by atoms with Gasteiger partial charge in [0.25, 0.3) is 0 Å². The molecule has 5 heteroatoms. The van der Waals surface area contributed by atoms with Crippen LogP contribution in [0, 0.1) is 6.92 Å². The highest BCUT2D eigenvalue weighted by molar-refractivity contribution is 5.81. The molecule has 1 unspecified atom stereocenters. The van der Waals surface area contributed by atoms with E-state index in [0.717, 1.165) is 11.3 Å². The first-order valence-corrected chi connectivity index (χ1v) is 6.23. The molecule has 19 heavy (non-hydrogen) atoms. The third-order valence-electron chi connectivity index (χ3n) is 2.72. The zero-order valence-corrected chi connectivity index (χ0v) is 11.8. The van der Waals surface area contributed by atoms with Gasteiger partial charge >= 0.3 is 0 Å². The monoisotopic (exact) mass is 266 g/mol. The number of aryl methyl sites for hydroxylation is 1. The smallest absolute Gasteiger partial charge is 0.241 e. The van der Waals surface area contributed by atoms with Crippen molar-refractivity contribution in [1.82, 2.24) is 4.90 Å². The topological polar surface area (TPSA) is 64.8 Å². The van der Waals surface area contributed by atoms with Gasteiger partial charge in [-0.25, -0.2) is 0 Å². The van der Waals surface area contributed by atoms with E-state index in [1.54, 1.807) is 11.9 Å². The summed E-state index contributed by atoms with van der Waals surface area (Å²) in [6, 6.07) is 7.18. The Kier molecular flexibility index (Phi) is 6.32. The quantitative estimate of drug-likeness (QED) is 0.793. The first kappa shape index (κ1) is 15.5. The Morgan fingerprint density at radius 3 is 2.84 bits per heavy atom. The van der Waals surface area contributed by atoms with Crippen LogP contribution in [-0.4, -0.2) is 50.8 Å². The maximum atomic E-state index is 11.8. The van der Waals surface area contributed by atoms with Gasteiger partial charge in [-0.05, 0) is 24.6 Å². The van der Waals surface area contributed by atoms with Crippen molar-refractivity contribution in [2.75, 3.05) is 33.9 Å². The Labute approximate surface area is 114 Å². The van der Waals surface area contributed by atoms with Gasteiger partial charge in [0, 0.05) is 14.2 Å². The molecule has 2 N–H and O–H groups in total. The molecule has 0 heterocycles. The Bertz CT molecular complexity index is 409. The summed E-state index contributed by atoms with van der Waals surface area (Å²) in [5.41, 5.74) is 6.82. The number of methoxy groups -OCH3 is 1. The number of hydrogen-bond acceptors (Lipinski definition) is 4.